The van der Waals surface area contributed by atoms with Crippen molar-refractivity contribution in [1.82, 2.24) is 0 Å². The third-order valence-electron chi connectivity index (χ3n) is 5.91. The van der Waals surface area contributed by atoms with Gasteiger partial charge < -0.3 is 8.54 Å². The Balaban J connectivity index is 2.95. The first-order valence-electron chi connectivity index (χ1n) is 8.69. The molecule has 0 N–H and O–H groups in total. The summed E-state index contributed by atoms with van der Waals surface area (Å²) >= 11 is 0. The Labute approximate surface area is 139 Å². The summed E-state index contributed by atoms with van der Waals surface area (Å²) < 4.78 is 12.4. The first kappa shape index (κ1) is 19.6. The van der Waals surface area contributed by atoms with Crippen molar-refractivity contribution in [2.24, 2.45) is 16.7 Å². The van der Waals surface area contributed by atoms with Crippen molar-refractivity contribution < 1.29 is 8.54 Å². The molecule has 1 unspecified atom stereocenters. The van der Waals surface area contributed by atoms with Crippen LogP contribution in [0.4, 0.5) is 0 Å². The fourth-order valence-corrected chi connectivity index (χ4v) is 8.81. The van der Waals surface area contributed by atoms with E-state index in [1.165, 1.54) is 32.1 Å². The minimum atomic E-state index is -1.53. The van der Waals surface area contributed by atoms with E-state index in [1.807, 2.05) is 0 Å². The second-order valence-corrected chi connectivity index (χ2v) is 16.8. The highest BCUT2D eigenvalue weighted by atomic mass is 28.4. The first-order valence-corrected chi connectivity index (χ1v) is 14.3. The molecule has 21 heavy (non-hydrogen) atoms. The predicted octanol–water partition coefficient (Wildman–Crippen LogP) is 3.18. The summed E-state index contributed by atoms with van der Waals surface area (Å²) in [7, 11) is -1.26. The van der Waals surface area contributed by atoms with Gasteiger partial charge in [0.15, 0.2) is 18.1 Å². The molecule has 0 amide bonds. The molecule has 1 rings (SSSR count). The van der Waals surface area contributed by atoms with Gasteiger partial charge in [-0.15, -0.1) is 0 Å². The molecule has 0 spiro atoms. The molecule has 1 saturated carbocycles. The normalized spacial score (nSPS) is 21.3. The second kappa shape index (κ2) is 7.43. The van der Waals surface area contributed by atoms with Gasteiger partial charge in [-0.1, -0.05) is 47.0 Å². The SMILES string of the molecule is CC(C)(C1CCCCC1)C(C)(C)C(O[Si](C)(C)C)[SiH2]O[SiH3]. The van der Waals surface area contributed by atoms with Gasteiger partial charge in [-0.05, 0) is 49.2 Å². The standard InChI is InChI=1S/C16H38O2Si3/c1-15(2,13-11-9-8-10-12-13)16(3,4)14(20-18-19)17-21(5,6)7/h13-14H,8-12,20H2,1-7,19H3. The van der Waals surface area contributed by atoms with E-state index in [2.05, 4.69) is 47.3 Å². The van der Waals surface area contributed by atoms with Crippen LogP contribution >= 0.6 is 0 Å². The van der Waals surface area contributed by atoms with Gasteiger partial charge in [-0.3, -0.25) is 0 Å². The van der Waals surface area contributed by atoms with Gasteiger partial charge in [-0.25, -0.2) is 0 Å². The van der Waals surface area contributed by atoms with Gasteiger partial charge in [0.2, 0.25) is 0 Å². The van der Waals surface area contributed by atoms with Crippen LogP contribution in [0.15, 0.2) is 0 Å². The largest absolute Gasteiger partial charge is 0.466 e. The molecule has 1 fully saturated rings. The van der Waals surface area contributed by atoms with E-state index in [9.17, 15) is 0 Å². The summed E-state index contributed by atoms with van der Waals surface area (Å²) in [5.41, 5.74) is 0.884. The zero-order valence-corrected chi connectivity index (χ0v) is 20.1. The Morgan fingerprint density at radius 3 is 2.00 bits per heavy atom. The van der Waals surface area contributed by atoms with E-state index >= 15 is 0 Å². The summed E-state index contributed by atoms with van der Waals surface area (Å²) in [5, 5.41) is 0. The summed E-state index contributed by atoms with van der Waals surface area (Å²) in [5.74, 6) is 0.845. The molecule has 0 radical (unpaired) electrons. The van der Waals surface area contributed by atoms with Gasteiger partial charge >= 0.3 is 0 Å². The Morgan fingerprint density at radius 2 is 1.57 bits per heavy atom. The van der Waals surface area contributed by atoms with Crippen LogP contribution in [0.25, 0.3) is 0 Å². The van der Waals surface area contributed by atoms with E-state index in [1.54, 1.807) is 0 Å². The predicted molar refractivity (Wildman–Crippen MR) is 102 cm³/mol. The molecule has 5 heteroatoms. The highest BCUT2D eigenvalue weighted by Crippen LogP contribution is 2.52. The molecule has 1 atom stereocenters. The molecule has 1 aliphatic carbocycles. The highest BCUT2D eigenvalue weighted by Gasteiger charge is 2.48. The van der Waals surface area contributed by atoms with Crippen LogP contribution in [0.1, 0.15) is 59.8 Å². The minimum Gasteiger partial charge on any atom is -0.466 e. The van der Waals surface area contributed by atoms with Crippen molar-refractivity contribution in [3.05, 3.63) is 0 Å². The lowest BCUT2D eigenvalue weighted by molar-refractivity contribution is -0.0375. The summed E-state index contributed by atoms with van der Waals surface area (Å²) in [6.45, 7) is 16.8. The lowest BCUT2D eigenvalue weighted by atomic mass is 9.58. The topological polar surface area (TPSA) is 18.5 Å². The molecule has 0 heterocycles. The monoisotopic (exact) mass is 346 g/mol. The van der Waals surface area contributed by atoms with Crippen molar-refractivity contribution in [1.29, 1.82) is 0 Å². The van der Waals surface area contributed by atoms with Crippen molar-refractivity contribution in [3.8, 4) is 0 Å². The van der Waals surface area contributed by atoms with Gasteiger partial charge in [0, 0.05) is 0 Å². The minimum absolute atomic E-state index is 0.200. The molecule has 0 aromatic carbocycles. The van der Waals surface area contributed by atoms with E-state index in [4.69, 9.17) is 8.54 Å². The summed E-state index contributed by atoms with van der Waals surface area (Å²) in [6, 6.07) is 0. The van der Waals surface area contributed by atoms with Crippen LogP contribution in [-0.2, 0) is 8.54 Å². The zero-order chi connectivity index (χ0) is 16.3. The van der Waals surface area contributed by atoms with Crippen LogP contribution in [0.3, 0.4) is 0 Å². The molecule has 0 aliphatic heterocycles. The van der Waals surface area contributed by atoms with Crippen molar-refractivity contribution in [2.75, 3.05) is 0 Å². The maximum Gasteiger partial charge on any atom is 0.183 e. The molecular weight excluding hydrogens is 308 g/mol. The van der Waals surface area contributed by atoms with Crippen LogP contribution in [-0.4, -0.2) is 34.3 Å². The van der Waals surface area contributed by atoms with E-state index in [0.717, 1.165) is 16.4 Å². The van der Waals surface area contributed by atoms with Crippen LogP contribution in [0.5, 0.6) is 0 Å². The van der Waals surface area contributed by atoms with Crippen molar-refractivity contribution in [2.45, 2.75) is 85.2 Å². The third-order valence-corrected chi connectivity index (χ3v) is 10.1. The molecule has 126 valence electrons. The molecule has 0 saturated heterocycles. The number of hydrogen-bond donors (Lipinski definition) is 0. The van der Waals surface area contributed by atoms with Crippen LogP contribution in [0, 0.1) is 16.7 Å². The summed E-state index contributed by atoms with van der Waals surface area (Å²) in [6.07, 6.45) is 7.07. The zero-order valence-electron chi connectivity index (χ0n) is 15.7. The van der Waals surface area contributed by atoms with E-state index < -0.39 is 18.1 Å². The van der Waals surface area contributed by atoms with Gasteiger partial charge in [0.05, 0.1) is 5.73 Å². The molecular formula is C16H38O2Si3. The highest BCUT2D eigenvalue weighted by molar-refractivity contribution is 6.70. The average molecular weight is 347 g/mol. The van der Waals surface area contributed by atoms with Crippen LogP contribution in [0.2, 0.25) is 19.6 Å². The average Bonchev–Trinajstić information content (AvgIpc) is 2.37. The fraction of sp³-hybridized carbons (Fsp3) is 1.00. The van der Waals surface area contributed by atoms with Crippen LogP contribution < -0.4 is 0 Å². The summed E-state index contributed by atoms with van der Waals surface area (Å²) in [4.78, 5) is 0. The van der Waals surface area contributed by atoms with Crippen molar-refractivity contribution in [3.63, 3.8) is 0 Å². The molecule has 2 nitrogen and oxygen atoms in total. The third kappa shape index (κ3) is 5.03. The van der Waals surface area contributed by atoms with E-state index in [0.29, 0.717) is 11.1 Å². The Morgan fingerprint density at radius 1 is 1.05 bits per heavy atom. The molecule has 1 aliphatic rings. The Hall–Kier alpha value is 0.571. The Bertz CT molecular complexity index is 318. The smallest absolute Gasteiger partial charge is 0.183 e. The first-order chi connectivity index (χ1) is 9.52. The molecule has 0 aromatic rings. The van der Waals surface area contributed by atoms with Gasteiger partial charge in [0.1, 0.15) is 10.5 Å². The van der Waals surface area contributed by atoms with E-state index in [-0.39, 0.29) is 5.41 Å². The lowest BCUT2D eigenvalue weighted by Gasteiger charge is -2.53. The lowest BCUT2D eigenvalue weighted by Crippen LogP contribution is -2.53. The van der Waals surface area contributed by atoms with Crippen molar-refractivity contribution >= 4 is 28.6 Å². The quantitative estimate of drug-likeness (QED) is 0.659. The van der Waals surface area contributed by atoms with Gasteiger partial charge in [-0.2, -0.15) is 0 Å². The number of hydrogen-bond acceptors (Lipinski definition) is 2. The fourth-order valence-electron chi connectivity index (χ4n) is 3.73. The molecule has 0 aromatic heterocycles. The maximum absolute atomic E-state index is 6.62. The number of rotatable bonds is 7. The van der Waals surface area contributed by atoms with Gasteiger partial charge in [0.25, 0.3) is 0 Å². The molecule has 0 bridgehead atoms. The maximum atomic E-state index is 6.62. The second-order valence-electron chi connectivity index (χ2n) is 8.95. The Kier molecular flexibility index (Phi) is 6.94.